The number of pyridine rings is 1. The zero-order valence-corrected chi connectivity index (χ0v) is 13.3. The molecule has 1 aromatic heterocycles. The highest BCUT2D eigenvalue weighted by Crippen LogP contribution is 2.14. The molecule has 1 aromatic carbocycles. The molecule has 24 heavy (non-hydrogen) atoms. The molecule has 0 saturated carbocycles. The van der Waals surface area contributed by atoms with Crippen molar-refractivity contribution in [1.82, 2.24) is 10.3 Å². The van der Waals surface area contributed by atoms with Crippen LogP contribution in [0.15, 0.2) is 42.7 Å². The van der Waals surface area contributed by atoms with E-state index >= 15 is 0 Å². The van der Waals surface area contributed by atoms with Gasteiger partial charge in [0.05, 0.1) is 17.4 Å². The molecule has 6 heteroatoms. The number of carbonyl (C=O) groups excluding carboxylic acids is 1. The summed E-state index contributed by atoms with van der Waals surface area (Å²) in [5.74, 6) is -0.508. The summed E-state index contributed by atoms with van der Waals surface area (Å²) in [6, 6.07) is 7.81. The van der Waals surface area contributed by atoms with Crippen LogP contribution in [0.2, 0.25) is 0 Å². The summed E-state index contributed by atoms with van der Waals surface area (Å²) in [6.07, 6.45) is 5.58. The van der Waals surface area contributed by atoms with Gasteiger partial charge < -0.3 is 15.4 Å². The monoisotopic (exact) mass is 329 g/mol. The first-order valence-electron chi connectivity index (χ1n) is 8.04. The van der Waals surface area contributed by atoms with Crippen molar-refractivity contribution < 1.29 is 13.9 Å². The lowest BCUT2D eigenvalue weighted by atomic mass is 10.2. The lowest BCUT2D eigenvalue weighted by Gasteiger charge is -2.12. The third-order valence-electron chi connectivity index (χ3n) is 3.92. The summed E-state index contributed by atoms with van der Waals surface area (Å²) in [7, 11) is 0. The molecule has 1 atom stereocenters. The van der Waals surface area contributed by atoms with Gasteiger partial charge in [-0.3, -0.25) is 9.78 Å². The van der Waals surface area contributed by atoms with Crippen molar-refractivity contribution in [2.24, 2.45) is 0 Å². The number of ether oxygens (including phenoxy) is 1. The van der Waals surface area contributed by atoms with Crippen molar-refractivity contribution >= 4 is 11.6 Å². The number of rotatable bonds is 6. The highest BCUT2D eigenvalue weighted by molar-refractivity contribution is 5.94. The number of anilines is 1. The lowest BCUT2D eigenvalue weighted by Crippen LogP contribution is -2.23. The Morgan fingerprint density at radius 1 is 1.29 bits per heavy atom. The Morgan fingerprint density at radius 2 is 2.12 bits per heavy atom. The third-order valence-corrected chi connectivity index (χ3v) is 3.92. The SMILES string of the molecule is O=C(NCc1ccc(F)cc1)c1cncc(NCC2CCCO2)c1. The molecule has 1 unspecified atom stereocenters. The quantitative estimate of drug-likeness (QED) is 0.855. The average molecular weight is 329 g/mol. The van der Waals surface area contributed by atoms with Crippen LogP contribution in [0, 0.1) is 5.82 Å². The molecule has 0 spiro atoms. The summed E-state index contributed by atoms with van der Waals surface area (Å²) in [5.41, 5.74) is 2.11. The smallest absolute Gasteiger partial charge is 0.253 e. The molecule has 2 N–H and O–H groups in total. The van der Waals surface area contributed by atoms with Crippen LogP contribution < -0.4 is 10.6 Å². The zero-order valence-electron chi connectivity index (χ0n) is 13.3. The summed E-state index contributed by atoms with van der Waals surface area (Å²) in [5, 5.41) is 6.06. The normalized spacial score (nSPS) is 16.8. The van der Waals surface area contributed by atoms with E-state index in [-0.39, 0.29) is 17.8 Å². The Hall–Kier alpha value is -2.47. The van der Waals surface area contributed by atoms with Gasteiger partial charge in [-0.15, -0.1) is 0 Å². The van der Waals surface area contributed by atoms with E-state index in [1.165, 1.54) is 18.3 Å². The van der Waals surface area contributed by atoms with E-state index in [1.807, 2.05) is 0 Å². The van der Waals surface area contributed by atoms with Crippen LogP contribution in [0.4, 0.5) is 10.1 Å². The van der Waals surface area contributed by atoms with Gasteiger partial charge in [0, 0.05) is 32.1 Å². The van der Waals surface area contributed by atoms with Crippen molar-refractivity contribution in [3.8, 4) is 0 Å². The molecular formula is C18H20FN3O2. The highest BCUT2D eigenvalue weighted by Gasteiger charge is 2.15. The van der Waals surface area contributed by atoms with Gasteiger partial charge in [0.1, 0.15) is 5.82 Å². The van der Waals surface area contributed by atoms with Crippen LogP contribution in [-0.2, 0) is 11.3 Å². The van der Waals surface area contributed by atoms with Crippen LogP contribution >= 0.6 is 0 Å². The summed E-state index contributed by atoms with van der Waals surface area (Å²) >= 11 is 0. The van der Waals surface area contributed by atoms with E-state index < -0.39 is 0 Å². The lowest BCUT2D eigenvalue weighted by molar-refractivity contribution is 0.0950. The molecule has 5 nitrogen and oxygen atoms in total. The highest BCUT2D eigenvalue weighted by atomic mass is 19.1. The molecule has 0 bridgehead atoms. The molecule has 1 aliphatic heterocycles. The predicted molar refractivity (Wildman–Crippen MR) is 89.3 cm³/mol. The van der Waals surface area contributed by atoms with E-state index in [0.29, 0.717) is 18.7 Å². The molecular weight excluding hydrogens is 309 g/mol. The molecule has 1 aliphatic rings. The molecule has 1 saturated heterocycles. The van der Waals surface area contributed by atoms with Crippen molar-refractivity contribution in [3.63, 3.8) is 0 Å². The number of carbonyl (C=O) groups is 1. The molecule has 1 fully saturated rings. The summed E-state index contributed by atoms with van der Waals surface area (Å²) < 4.78 is 18.4. The number of nitrogens with zero attached hydrogens (tertiary/aromatic N) is 1. The van der Waals surface area contributed by atoms with Crippen LogP contribution in [-0.4, -0.2) is 30.1 Å². The summed E-state index contributed by atoms with van der Waals surface area (Å²) in [4.78, 5) is 16.3. The summed E-state index contributed by atoms with van der Waals surface area (Å²) in [6.45, 7) is 1.87. The van der Waals surface area contributed by atoms with Crippen molar-refractivity contribution in [1.29, 1.82) is 0 Å². The largest absolute Gasteiger partial charge is 0.381 e. The first-order valence-corrected chi connectivity index (χ1v) is 8.04. The first kappa shape index (κ1) is 16.4. The van der Waals surface area contributed by atoms with Gasteiger partial charge >= 0.3 is 0 Å². The van der Waals surface area contributed by atoms with E-state index in [9.17, 15) is 9.18 Å². The maximum absolute atomic E-state index is 12.9. The van der Waals surface area contributed by atoms with Crippen LogP contribution in [0.3, 0.4) is 0 Å². The fourth-order valence-electron chi connectivity index (χ4n) is 2.58. The number of benzene rings is 1. The second-order valence-electron chi connectivity index (χ2n) is 5.79. The van der Waals surface area contributed by atoms with Crippen LogP contribution in [0.5, 0.6) is 0 Å². The maximum atomic E-state index is 12.9. The Balaban J connectivity index is 1.54. The molecule has 3 rings (SSSR count). The number of hydrogen-bond donors (Lipinski definition) is 2. The minimum Gasteiger partial charge on any atom is -0.381 e. The average Bonchev–Trinajstić information content (AvgIpc) is 3.13. The molecule has 1 amide bonds. The van der Waals surface area contributed by atoms with Crippen molar-refractivity contribution in [2.45, 2.75) is 25.5 Å². The Labute approximate surface area is 140 Å². The predicted octanol–water partition coefficient (Wildman–Crippen LogP) is 2.74. The number of amides is 1. The van der Waals surface area contributed by atoms with Crippen molar-refractivity contribution in [2.75, 3.05) is 18.5 Å². The van der Waals surface area contributed by atoms with Crippen LogP contribution in [0.1, 0.15) is 28.8 Å². The second kappa shape index (κ2) is 7.88. The Kier molecular flexibility index (Phi) is 5.38. The van der Waals surface area contributed by atoms with Gasteiger partial charge in [-0.25, -0.2) is 4.39 Å². The fourth-order valence-corrected chi connectivity index (χ4v) is 2.58. The first-order chi connectivity index (χ1) is 11.7. The standard InChI is InChI=1S/C18H20FN3O2/c19-15-5-3-13(4-6-15)9-22-18(23)14-8-16(11-20-10-14)21-12-17-2-1-7-24-17/h3-6,8,10-11,17,21H,1-2,7,9,12H2,(H,22,23). The van der Waals surface area contributed by atoms with Gasteiger partial charge in [0.15, 0.2) is 0 Å². The number of nitrogens with one attached hydrogen (secondary N) is 2. The van der Waals surface area contributed by atoms with Gasteiger partial charge in [0.25, 0.3) is 5.91 Å². The van der Waals surface area contributed by atoms with Gasteiger partial charge in [0.2, 0.25) is 0 Å². The Bertz CT molecular complexity index is 685. The molecule has 0 aliphatic carbocycles. The Morgan fingerprint density at radius 3 is 2.88 bits per heavy atom. The van der Waals surface area contributed by atoms with Gasteiger partial charge in [-0.2, -0.15) is 0 Å². The third kappa shape index (κ3) is 4.52. The van der Waals surface area contributed by atoms with E-state index in [2.05, 4.69) is 15.6 Å². The number of halogens is 1. The van der Waals surface area contributed by atoms with Gasteiger partial charge in [-0.05, 0) is 36.6 Å². The minimum absolute atomic E-state index is 0.215. The molecule has 2 aromatic rings. The van der Waals surface area contributed by atoms with E-state index in [0.717, 1.165) is 30.7 Å². The number of hydrogen-bond acceptors (Lipinski definition) is 4. The van der Waals surface area contributed by atoms with Crippen LogP contribution in [0.25, 0.3) is 0 Å². The van der Waals surface area contributed by atoms with Crippen molar-refractivity contribution in [3.05, 3.63) is 59.7 Å². The van der Waals surface area contributed by atoms with Gasteiger partial charge in [-0.1, -0.05) is 12.1 Å². The van der Waals surface area contributed by atoms with E-state index in [1.54, 1.807) is 24.4 Å². The number of aromatic nitrogens is 1. The van der Waals surface area contributed by atoms with E-state index in [4.69, 9.17) is 4.74 Å². The minimum atomic E-state index is -0.292. The molecule has 0 radical (unpaired) electrons. The fraction of sp³-hybridized carbons (Fsp3) is 0.333. The zero-order chi connectivity index (χ0) is 16.8. The second-order valence-corrected chi connectivity index (χ2v) is 5.79. The topological polar surface area (TPSA) is 63.2 Å². The maximum Gasteiger partial charge on any atom is 0.253 e. The molecule has 2 heterocycles. The molecule has 126 valence electrons.